The fourth-order valence-electron chi connectivity index (χ4n) is 0.918. The molecule has 0 spiro atoms. The number of aliphatic hydroxyl groups excluding tert-OH is 2. The second-order valence-electron chi connectivity index (χ2n) is 2.90. The third-order valence-electron chi connectivity index (χ3n) is 1.74. The molecule has 15 heavy (non-hydrogen) atoms. The number of aliphatic hydroxyl groups is 2. The van der Waals surface area contributed by atoms with Crippen LogP contribution in [0.15, 0.2) is 18.3 Å². The summed E-state index contributed by atoms with van der Waals surface area (Å²) in [6.45, 7) is -0.647. The molecule has 0 atom stereocenters. The molecule has 6 heteroatoms. The summed E-state index contributed by atoms with van der Waals surface area (Å²) in [5, 5.41) is 20.3. The molecule has 0 radical (unpaired) electrons. The van der Waals surface area contributed by atoms with Crippen molar-refractivity contribution in [3.8, 4) is 0 Å². The van der Waals surface area contributed by atoms with E-state index in [1.165, 1.54) is 18.3 Å². The Balaban J connectivity index is 2.64. The molecule has 5 nitrogen and oxygen atoms in total. The van der Waals surface area contributed by atoms with E-state index in [0.29, 0.717) is 5.02 Å². The number of hydrogen-bond acceptors (Lipinski definition) is 4. The standard InChI is InChI=1S/C9H11ClN2O3/c10-6-1-2-8(11-3-6)9(15)12-7(4-13)5-14/h1-3,7,13-14H,4-5H2,(H,12,15). The van der Waals surface area contributed by atoms with Crippen LogP contribution in [0, 0.1) is 0 Å². The molecule has 82 valence electrons. The molecular weight excluding hydrogens is 220 g/mol. The fourth-order valence-corrected chi connectivity index (χ4v) is 1.03. The predicted molar refractivity (Wildman–Crippen MR) is 54.7 cm³/mol. The van der Waals surface area contributed by atoms with Crippen LogP contribution < -0.4 is 5.32 Å². The Hall–Kier alpha value is -1.17. The summed E-state index contributed by atoms with van der Waals surface area (Å²) in [6.07, 6.45) is 1.35. The molecule has 0 aliphatic carbocycles. The lowest BCUT2D eigenvalue weighted by molar-refractivity contribution is 0.0874. The van der Waals surface area contributed by atoms with Crippen molar-refractivity contribution in [1.82, 2.24) is 10.3 Å². The minimum absolute atomic E-state index is 0.186. The maximum atomic E-state index is 11.4. The average Bonchev–Trinajstić information content (AvgIpc) is 2.26. The summed E-state index contributed by atoms with van der Waals surface area (Å²) in [4.78, 5) is 15.2. The lowest BCUT2D eigenvalue weighted by Gasteiger charge is -2.12. The molecule has 0 fully saturated rings. The van der Waals surface area contributed by atoms with Crippen molar-refractivity contribution in [3.63, 3.8) is 0 Å². The highest BCUT2D eigenvalue weighted by Gasteiger charge is 2.12. The van der Waals surface area contributed by atoms with Gasteiger partial charge >= 0.3 is 0 Å². The maximum Gasteiger partial charge on any atom is 0.270 e. The SMILES string of the molecule is O=C(NC(CO)CO)c1ccc(Cl)cn1. The average molecular weight is 231 g/mol. The van der Waals surface area contributed by atoms with Crippen molar-refractivity contribution in [2.24, 2.45) is 0 Å². The molecule has 1 aromatic rings. The highest BCUT2D eigenvalue weighted by Crippen LogP contribution is 2.05. The number of carbonyl (C=O) groups excluding carboxylic acids is 1. The summed E-state index contributed by atoms with van der Waals surface area (Å²) >= 11 is 5.60. The van der Waals surface area contributed by atoms with Crippen LogP contribution in [0.5, 0.6) is 0 Å². The van der Waals surface area contributed by atoms with Crippen molar-refractivity contribution in [3.05, 3.63) is 29.0 Å². The first-order valence-electron chi connectivity index (χ1n) is 4.31. The third kappa shape index (κ3) is 3.47. The summed E-state index contributed by atoms with van der Waals surface area (Å²) in [7, 11) is 0. The van der Waals surface area contributed by atoms with Crippen molar-refractivity contribution < 1.29 is 15.0 Å². The minimum atomic E-state index is -0.671. The molecule has 3 N–H and O–H groups in total. The van der Waals surface area contributed by atoms with E-state index in [-0.39, 0.29) is 18.9 Å². The normalized spacial score (nSPS) is 10.4. The first kappa shape index (κ1) is 11.9. The smallest absolute Gasteiger partial charge is 0.270 e. The quantitative estimate of drug-likeness (QED) is 0.670. The van der Waals surface area contributed by atoms with Crippen LogP contribution in [0.1, 0.15) is 10.5 Å². The molecule has 1 heterocycles. The first-order chi connectivity index (χ1) is 7.17. The number of rotatable bonds is 4. The van der Waals surface area contributed by atoms with Gasteiger partial charge in [0.1, 0.15) is 5.69 Å². The summed E-state index contributed by atoms with van der Waals surface area (Å²) in [5.74, 6) is -0.459. The molecule has 0 saturated heterocycles. The Morgan fingerprint density at radius 1 is 1.47 bits per heavy atom. The van der Waals surface area contributed by atoms with Gasteiger partial charge in [0.25, 0.3) is 5.91 Å². The van der Waals surface area contributed by atoms with E-state index in [2.05, 4.69) is 10.3 Å². The van der Waals surface area contributed by atoms with Crippen LogP contribution in [0.2, 0.25) is 5.02 Å². The minimum Gasteiger partial charge on any atom is -0.394 e. The fraction of sp³-hybridized carbons (Fsp3) is 0.333. The highest BCUT2D eigenvalue weighted by atomic mass is 35.5. The lowest BCUT2D eigenvalue weighted by Crippen LogP contribution is -2.40. The van der Waals surface area contributed by atoms with E-state index in [0.717, 1.165) is 0 Å². The number of pyridine rings is 1. The van der Waals surface area contributed by atoms with E-state index in [9.17, 15) is 4.79 Å². The van der Waals surface area contributed by atoms with Gasteiger partial charge in [-0.2, -0.15) is 0 Å². The van der Waals surface area contributed by atoms with Gasteiger partial charge in [0.2, 0.25) is 0 Å². The van der Waals surface area contributed by atoms with Crippen LogP contribution in [-0.2, 0) is 0 Å². The van der Waals surface area contributed by atoms with Gasteiger partial charge in [0, 0.05) is 6.20 Å². The van der Waals surface area contributed by atoms with E-state index in [4.69, 9.17) is 21.8 Å². The van der Waals surface area contributed by atoms with Gasteiger partial charge in [-0.3, -0.25) is 4.79 Å². The van der Waals surface area contributed by atoms with Gasteiger partial charge in [0.15, 0.2) is 0 Å². The van der Waals surface area contributed by atoms with E-state index in [1.54, 1.807) is 0 Å². The van der Waals surface area contributed by atoms with E-state index >= 15 is 0 Å². The Morgan fingerprint density at radius 2 is 2.13 bits per heavy atom. The van der Waals surface area contributed by atoms with Gasteiger partial charge in [-0.15, -0.1) is 0 Å². The molecule has 0 aliphatic rings. The molecule has 1 aromatic heterocycles. The second-order valence-corrected chi connectivity index (χ2v) is 3.33. The van der Waals surface area contributed by atoms with Crippen molar-refractivity contribution in [2.75, 3.05) is 13.2 Å². The zero-order valence-electron chi connectivity index (χ0n) is 7.85. The van der Waals surface area contributed by atoms with Gasteiger partial charge in [-0.05, 0) is 12.1 Å². The third-order valence-corrected chi connectivity index (χ3v) is 1.96. The van der Waals surface area contributed by atoms with Crippen molar-refractivity contribution in [2.45, 2.75) is 6.04 Å². The summed E-state index contributed by atoms with van der Waals surface area (Å²) in [6, 6.07) is 2.33. The van der Waals surface area contributed by atoms with Crippen molar-refractivity contribution in [1.29, 1.82) is 0 Å². The van der Waals surface area contributed by atoms with Crippen LogP contribution in [-0.4, -0.2) is 40.4 Å². The molecule has 0 aromatic carbocycles. The molecular formula is C9H11ClN2O3. The Morgan fingerprint density at radius 3 is 2.60 bits per heavy atom. The topological polar surface area (TPSA) is 82.5 Å². The first-order valence-corrected chi connectivity index (χ1v) is 4.69. The Bertz CT molecular complexity index is 325. The molecule has 0 unspecified atom stereocenters. The van der Waals surface area contributed by atoms with E-state index < -0.39 is 11.9 Å². The molecule has 1 amide bonds. The highest BCUT2D eigenvalue weighted by molar-refractivity contribution is 6.30. The van der Waals surface area contributed by atoms with Crippen molar-refractivity contribution >= 4 is 17.5 Å². The zero-order valence-corrected chi connectivity index (χ0v) is 8.61. The zero-order chi connectivity index (χ0) is 11.3. The number of carbonyl (C=O) groups is 1. The van der Waals surface area contributed by atoms with Gasteiger partial charge in [0.05, 0.1) is 24.3 Å². The Kier molecular flexibility index (Phi) is 4.48. The Labute approximate surface area is 91.7 Å². The summed E-state index contributed by atoms with van der Waals surface area (Å²) in [5.41, 5.74) is 0.186. The molecule has 0 aliphatic heterocycles. The second kappa shape index (κ2) is 5.65. The summed E-state index contributed by atoms with van der Waals surface area (Å²) < 4.78 is 0. The number of halogens is 1. The monoisotopic (exact) mass is 230 g/mol. The number of nitrogens with zero attached hydrogens (tertiary/aromatic N) is 1. The van der Waals surface area contributed by atoms with Crippen LogP contribution in [0.3, 0.4) is 0 Å². The number of amides is 1. The maximum absolute atomic E-state index is 11.4. The lowest BCUT2D eigenvalue weighted by atomic mass is 10.3. The number of hydrogen-bond donors (Lipinski definition) is 3. The largest absolute Gasteiger partial charge is 0.394 e. The molecule has 0 bridgehead atoms. The number of nitrogens with one attached hydrogen (secondary N) is 1. The van der Waals surface area contributed by atoms with Gasteiger partial charge in [-0.1, -0.05) is 11.6 Å². The molecule has 0 saturated carbocycles. The number of aromatic nitrogens is 1. The van der Waals surface area contributed by atoms with Crippen LogP contribution in [0.25, 0.3) is 0 Å². The van der Waals surface area contributed by atoms with Gasteiger partial charge < -0.3 is 15.5 Å². The predicted octanol–water partition coefficient (Wildman–Crippen LogP) is -0.182. The molecule has 1 rings (SSSR count). The van der Waals surface area contributed by atoms with Crippen LogP contribution >= 0.6 is 11.6 Å². The van der Waals surface area contributed by atoms with Gasteiger partial charge in [-0.25, -0.2) is 4.98 Å². The van der Waals surface area contributed by atoms with Crippen LogP contribution in [0.4, 0.5) is 0 Å². The van der Waals surface area contributed by atoms with E-state index in [1.807, 2.05) is 0 Å².